The Bertz CT molecular complexity index is 1350. The Labute approximate surface area is 277 Å². The van der Waals surface area contributed by atoms with Crippen LogP contribution >= 0.6 is 0 Å². The molecule has 11 heteroatoms. The number of benzene rings is 2. The van der Waals surface area contributed by atoms with Gasteiger partial charge in [0.15, 0.2) is 6.29 Å². The van der Waals surface area contributed by atoms with Crippen LogP contribution in [0.15, 0.2) is 36.4 Å². The van der Waals surface area contributed by atoms with Crippen molar-refractivity contribution in [2.24, 2.45) is 17.8 Å². The SMILES string of the molecule is CCCCCC1COC(C2CCC(c3ccc(C4CCC(C(F)(F)Oc5cc(F)c(/C=C/C(F)(F)F)c(F)c5)CC4)c(F)c3)CC2)OC1. The first kappa shape index (κ1) is 36.6. The van der Waals surface area contributed by atoms with Crippen LogP contribution in [0, 0.1) is 35.2 Å². The molecule has 2 saturated carbocycles. The summed E-state index contributed by atoms with van der Waals surface area (Å²) in [6.07, 6.45) is 0.0752. The standard InChI is InChI=1S/C37H44F8O3/c1-2-3-4-5-23-21-46-35(47-22-23)26-8-6-24(7-9-26)27-12-15-30(32(38)18-27)25-10-13-28(14-11-25)37(44,45)48-29-19-33(39)31(34(40)20-29)16-17-36(41,42)43/h12,15-20,23-26,28,35H,2-11,13-14,21-22H2,1H3/b17-16+. The Hall–Kier alpha value is -2.66. The fourth-order valence-electron chi connectivity index (χ4n) is 7.47. The van der Waals surface area contributed by atoms with Crippen molar-refractivity contribution in [1.82, 2.24) is 0 Å². The van der Waals surface area contributed by atoms with Gasteiger partial charge in [0, 0.05) is 35.6 Å². The highest BCUT2D eigenvalue weighted by Crippen LogP contribution is 2.45. The Morgan fingerprint density at radius 3 is 1.98 bits per heavy atom. The van der Waals surface area contributed by atoms with E-state index in [1.165, 1.54) is 19.3 Å². The third-order valence-electron chi connectivity index (χ3n) is 10.2. The smallest absolute Gasteiger partial charge is 0.409 e. The molecule has 0 amide bonds. The molecule has 0 atom stereocenters. The number of hydrogen-bond donors (Lipinski definition) is 0. The summed E-state index contributed by atoms with van der Waals surface area (Å²) in [5.74, 6) is -4.63. The van der Waals surface area contributed by atoms with E-state index in [0.717, 1.165) is 50.9 Å². The maximum absolute atomic E-state index is 15.4. The zero-order chi connectivity index (χ0) is 34.5. The van der Waals surface area contributed by atoms with Crippen LogP contribution in [-0.4, -0.2) is 31.8 Å². The number of hydrogen-bond acceptors (Lipinski definition) is 3. The highest BCUT2D eigenvalue weighted by atomic mass is 19.4. The fraction of sp³-hybridized carbons (Fsp3) is 0.622. The summed E-state index contributed by atoms with van der Waals surface area (Å²) < 4.78 is 128. The molecule has 0 unspecified atom stereocenters. The van der Waals surface area contributed by atoms with E-state index in [0.29, 0.717) is 29.5 Å². The highest BCUT2D eigenvalue weighted by molar-refractivity contribution is 5.53. The maximum atomic E-state index is 15.4. The molecule has 5 rings (SSSR count). The van der Waals surface area contributed by atoms with Crippen LogP contribution in [0.2, 0.25) is 0 Å². The summed E-state index contributed by atoms with van der Waals surface area (Å²) in [6, 6.07) is 6.16. The van der Waals surface area contributed by atoms with E-state index in [9.17, 15) is 22.0 Å². The van der Waals surface area contributed by atoms with Crippen LogP contribution in [0.3, 0.4) is 0 Å². The quantitative estimate of drug-likeness (QED) is 0.174. The third kappa shape index (κ3) is 9.52. The molecule has 2 aliphatic carbocycles. The number of ether oxygens (including phenoxy) is 3. The van der Waals surface area contributed by atoms with Gasteiger partial charge in [-0.05, 0) is 92.9 Å². The Balaban J connectivity index is 1.10. The Morgan fingerprint density at radius 2 is 1.40 bits per heavy atom. The molecule has 0 N–H and O–H groups in total. The summed E-state index contributed by atoms with van der Waals surface area (Å²) in [6.45, 7) is 3.69. The molecular weight excluding hydrogens is 644 g/mol. The van der Waals surface area contributed by atoms with Crippen LogP contribution in [0.25, 0.3) is 6.08 Å². The van der Waals surface area contributed by atoms with Crippen LogP contribution in [0.5, 0.6) is 5.75 Å². The van der Waals surface area contributed by atoms with E-state index in [2.05, 4.69) is 11.7 Å². The molecule has 0 aromatic heterocycles. The van der Waals surface area contributed by atoms with Crippen molar-refractivity contribution in [3.63, 3.8) is 0 Å². The summed E-state index contributed by atoms with van der Waals surface area (Å²) in [4.78, 5) is 0. The molecule has 0 bridgehead atoms. The van der Waals surface area contributed by atoms with Gasteiger partial charge in [0.1, 0.15) is 23.2 Å². The monoisotopic (exact) mass is 688 g/mol. The van der Waals surface area contributed by atoms with Gasteiger partial charge in [0.2, 0.25) is 0 Å². The summed E-state index contributed by atoms with van der Waals surface area (Å²) in [7, 11) is 0. The molecule has 3 aliphatic rings. The number of alkyl halides is 5. The van der Waals surface area contributed by atoms with Crippen molar-refractivity contribution < 1.29 is 49.3 Å². The van der Waals surface area contributed by atoms with Crippen molar-refractivity contribution >= 4 is 6.08 Å². The van der Waals surface area contributed by atoms with E-state index in [4.69, 9.17) is 9.47 Å². The van der Waals surface area contributed by atoms with E-state index < -0.39 is 41.2 Å². The average molecular weight is 689 g/mol. The van der Waals surface area contributed by atoms with Gasteiger partial charge in [0.05, 0.1) is 19.1 Å². The number of allylic oxidation sites excluding steroid dienone is 1. The number of rotatable bonds is 11. The first-order chi connectivity index (χ1) is 22.8. The molecule has 0 spiro atoms. The Kier molecular flexibility index (Phi) is 12.1. The first-order valence-corrected chi connectivity index (χ1v) is 17.2. The van der Waals surface area contributed by atoms with Crippen molar-refractivity contribution in [2.75, 3.05) is 13.2 Å². The van der Waals surface area contributed by atoms with Gasteiger partial charge in [-0.2, -0.15) is 22.0 Å². The van der Waals surface area contributed by atoms with Gasteiger partial charge in [-0.1, -0.05) is 38.3 Å². The molecule has 2 aromatic carbocycles. The van der Waals surface area contributed by atoms with Gasteiger partial charge in [-0.3, -0.25) is 0 Å². The molecule has 1 saturated heterocycles. The lowest BCUT2D eigenvalue weighted by Gasteiger charge is -2.38. The van der Waals surface area contributed by atoms with E-state index in [1.807, 2.05) is 6.07 Å². The number of halogens is 8. The van der Waals surface area contributed by atoms with Crippen LogP contribution in [0.4, 0.5) is 35.1 Å². The van der Waals surface area contributed by atoms with Gasteiger partial charge in [-0.25, -0.2) is 13.2 Å². The minimum atomic E-state index is -4.80. The Morgan fingerprint density at radius 1 is 0.771 bits per heavy atom. The highest BCUT2D eigenvalue weighted by Gasteiger charge is 2.45. The molecule has 1 aliphatic heterocycles. The largest absolute Gasteiger partial charge is 0.432 e. The average Bonchev–Trinajstić information content (AvgIpc) is 3.04. The second-order valence-electron chi connectivity index (χ2n) is 13.7. The fourth-order valence-corrected chi connectivity index (χ4v) is 7.47. The van der Waals surface area contributed by atoms with Gasteiger partial charge in [-0.15, -0.1) is 0 Å². The lowest BCUT2D eigenvalue weighted by Crippen LogP contribution is -2.38. The van der Waals surface area contributed by atoms with Crippen molar-refractivity contribution in [2.45, 2.75) is 114 Å². The zero-order valence-electron chi connectivity index (χ0n) is 27.2. The minimum Gasteiger partial charge on any atom is -0.432 e. The normalized spacial score (nSPS) is 27.4. The molecule has 2 aromatic rings. The van der Waals surface area contributed by atoms with Crippen molar-refractivity contribution in [1.29, 1.82) is 0 Å². The molecular formula is C37H44F8O3. The number of unbranched alkanes of at least 4 members (excludes halogenated alkanes) is 2. The maximum Gasteiger partial charge on any atom is 0.409 e. The summed E-state index contributed by atoms with van der Waals surface area (Å²) in [5, 5.41) is 0. The molecule has 1 heterocycles. The van der Waals surface area contributed by atoms with E-state index >= 15 is 13.2 Å². The molecule has 48 heavy (non-hydrogen) atoms. The second-order valence-corrected chi connectivity index (χ2v) is 13.7. The van der Waals surface area contributed by atoms with Crippen molar-refractivity contribution in [3.05, 3.63) is 70.5 Å². The molecule has 3 fully saturated rings. The van der Waals surface area contributed by atoms with E-state index in [1.54, 1.807) is 12.1 Å². The predicted molar refractivity (Wildman–Crippen MR) is 166 cm³/mol. The van der Waals surface area contributed by atoms with Crippen LogP contribution in [-0.2, 0) is 9.47 Å². The van der Waals surface area contributed by atoms with E-state index in [-0.39, 0.29) is 61.8 Å². The molecule has 266 valence electrons. The van der Waals surface area contributed by atoms with Gasteiger partial charge < -0.3 is 14.2 Å². The summed E-state index contributed by atoms with van der Waals surface area (Å²) >= 11 is 0. The van der Waals surface area contributed by atoms with Crippen LogP contribution in [0.1, 0.15) is 112 Å². The topological polar surface area (TPSA) is 27.7 Å². The molecule has 0 radical (unpaired) electrons. The lowest BCUT2D eigenvalue weighted by molar-refractivity contribution is -0.229. The molecule has 3 nitrogen and oxygen atoms in total. The third-order valence-corrected chi connectivity index (χ3v) is 10.2. The van der Waals surface area contributed by atoms with Gasteiger partial charge >= 0.3 is 12.3 Å². The second kappa shape index (κ2) is 15.9. The minimum absolute atomic E-state index is 0.00889. The van der Waals surface area contributed by atoms with Gasteiger partial charge in [0.25, 0.3) is 0 Å². The lowest BCUT2D eigenvalue weighted by atomic mass is 9.76. The predicted octanol–water partition coefficient (Wildman–Crippen LogP) is 11.5. The summed E-state index contributed by atoms with van der Waals surface area (Å²) in [5.41, 5.74) is 0.405. The van der Waals surface area contributed by atoms with Crippen molar-refractivity contribution in [3.8, 4) is 5.75 Å². The zero-order valence-corrected chi connectivity index (χ0v) is 27.2. The first-order valence-electron chi connectivity index (χ1n) is 17.2. The van der Waals surface area contributed by atoms with Crippen LogP contribution < -0.4 is 4.74 Å².